The number of carbonyl (C=O) groups excluding carboxylic acids is 1. The quantitative estimate of drug-likeness (QED) is 0.235. The monoisotopic (exact) mass is 649 g/mol. The second kappa shape index (κ2) is 14.7. The molecule has 2 N–H and O–H groups in total. The fourth-order valence-electron chi connectivity index (χ4n) is 6.92. The molecular weight excluding hydrogens is 606 g/mol. The Morgan fingerprint density at radius 1 is 0.896 bits per heavy atom. The highest BCUT2D eigenvalue weighted by Crippen LogP contribution is 2.43. The normalized spacial score (nSPS) is 24.0. The van der Waals surface area contributed by atoms with Crippen molar-refractivity contribution in [2.75, 3.05) is 32.8 Å². The number of piperidine rings is 1. The average molecular weight is 650 g/mol. The van der Waals surface area contributed by atoms with Gasteiger partial charge in [0.15, 0.2) is 12.1 Å². The van der Waals surface area contributed by atoms with Crippen molar-refractivity contribution in [1.29, 1.82) is 0 Å². The van der Waals surface area contributed by atoms with Crippen LogP contribution in [0.25, 0.3) is 11.1 Å². The van der Waals surface area contributed by atoms with E-state index in [0.717, 1.165) is 65.9 Å². The molecule has 3 fully saturated rings. The van der Waals surface area contributed by atoms with Crippen LogP contribution in [-0.4, -0.2) is 65.6 Å². The van der Waals surface area contributed by atoms with Gasteiger partial charge in [-0.2, -0.15) is 0 Å². The number of aliphatic hydroxyl groups is 1. The Kier molecular flexibility index (Phi) is 9.95. The standard InChI is InChI=1S/C39H43N3O6/c1-27-35(25-42-18-15-39(16-19-42)45-20-21-46-39)47-38(48-36(27)31-9-7-28(26-43)8-10-31)32-13-11-30(12-14-32)33-5-2-4-29(22-33)23-41-37(44)34-6-3-17-40-24-34/h2-14,17,22,24,27,35-36,38,43H,15-16,18-21,23,25-26H2,1H3,(H,41,44)/t27-,35+,36+,38+/m1/s1. The molecule has 250 valence electrons. The van der Waals surface area contributed by atoms with E-state index in [9.17, 15) is 9.90 Å². The molecule has 1 aromatic heterocycles. The minimum atomic E-state index is -0.533. The number of amides is 1. The summed E-state index contributed by atoms with van der Waals surface area (Å²) in [7, 11) is 0. The van der Waals surface area contributed by atoms with Crippen LogP contribution in [0.2, 0.25) is 0 Å². The Balaban J connectivity index is 1.06. The van der Waals surface area contributed by atoms with E-state index in [2.05, 4.69) is 70.7 Å². The second-order valence-corrected chi connectivity index (χ2v) is 13.0. The van der Waals surface area contributed by atoms with Crippen molar-refractivity contribution in [2.45, 2.75) is 57.2 Å². The van der Waals surface area contributed by atoms with Crippen LogP contribution in [-0.2, 0) is 32.1 Å². The van der Waals surface area contributed by atoms with Crippen LogP contribution >= 0.6 is 0 Å². The van der Waals surface area contributed by atoms with Crippen LogP contribution in [0.1, 0.15) is 64.8 Å². The first kappa shape index (κ1) is 32.6. The van der Waals surface area contributed by atoms with Gasteiger partial charge in [-0.3, -0.25) is 9.78 Å². The third-order valence-electron chi connectivity index (χ3n) is 9.81. The highest BCUT2D eigenvalue weighted by atomic mass is 16.7. The largest absolute Gasteiger partial charge is 0.392 e. The van der Waals surface area contributed by atoms with E-state index in [4.69, 9.17) is 18.9 Å². The molecule has 9 nitrogen and oxygen atoms in total. The van der Waals surface area contributed by atoms with Crippen molar-refractivity contribution in [3.63, 3.8) is 0 Å². The minimum Gasteiger partial charge on any atom is -0.392 e. The van der Waals surface area contributed by atoms with E-state index in [1.807, 2.05) is 24.3 Å². The van der Waals surface area contributed by atoms with Crippen molar-refractivity contribution in [1.82, 2.24) is 15.2 Å². The summed E-state index contributed by atoms with van der Waals surface area (Å²) in [6.45, 7) is 6.57. The number of nitrogens with zero attached hydrogens (tertiary/aromatic N) is 2. The Labute approximate surface area is 281 Å². The molecule has 3 aromatic carbocycles. The predicted octanol–water partition coefficient (Wildman–Crippen LogP) is 5.80. The fourth-order valence-corrected chi connectivity index (χ4v) is 6.92. The molecule has 1 spiro atoms. The van der Waals surface area contributed by atoms with Crippen molar-refractivity contribution in [2.24, 2.45) is 5.92 Å². The van der Waals surface area contributed by atoms with Gasteiger partial charge >= 0.3 is 0 Å². The molecule has 1 amide bonds. The first-order valence-corrected chi connectivity index (χ1v) is 16.9. The highest BCUT2D eigenvalue weighted by molar-refractivity contribution is 5.93. The molecule has 4 heterocycles. The molecule has 4 aromatic rings. The average Bonchev–Trinajstić information content (AvgIpc) is 3.61. The summed E-state index contributed by atoms with van der Waals surface area (Å²) in [4.78, 5) is 19.0. The van der Waals surface area contributed by atoms with E-state index in [1.165, 1.54) is 0 Å². The lowest BCUT2D eigenvalue weighted by Crippen LogP contribution is -2.50. The first-order chi connectivity index (χ1) is 23.5. The van der Waals surface area contributed by atoms with Gasteiger partial charge in [-0.25, -0.2) is 0 Å². The van der Waals surface area contributed by atoms with Crippen LogP contribution < -0.4 is 5.32 Å². The van der Waals surface area contributed by atoms with Crippen LogP contribution in [0.15, 0.2) is 97.3 Å². The number of rotatable bonds is 9. The van der Waals surface area contributed by atoms with E-state index in [-0.39, 0.29) is 30.6 Å². The summed E-state index contributed by atoms with van der Waals surface area (Å²) in [5, 5.41) is 12.6. The molecule has 7 rings (SSSR count). The van der Waals surface area contributed by atoms with Crippen molar-refractivity contribution >= 4 is 5.91 Å². The smallest absolute Gasteiger partial charge is 0.253 e. The molecule has 0 radical (unpaired) electrons. The molecule has 0 saturated carbocycles. The van der Waals surface area contributed by atoms with Gasteiger partial charge in [0.25, 0.3) is 5.91 Å². The molecule has 0 bridgehead atoms. The van der Waals surface area contributed by atoms with Crippen LogP contribution in [0, 0.1) is 5.92 Å². The third kappa shape index (κ3) is 7.37. The summed E-state index contributed by atoms with van der Waals surface area (Å²) in [6, 6.07) is 28.1. The number of benzene rings is 3. The number of aromatic nitrogens is 1. The number of pyridine rings is 1. The van der Waals surface area contributed by atoms with Gasteiger partial charge in [0.05, 0.1) is 37.6 Å². The molecule has 0 aliphatic carbocycles. The van der Waals surface area contributed by atoms with E-state index < -0.39 is 12.1 Å². The lowest BCUT2D eigenvalue weighted by molar-refractivity contribution is -0.278. The van der Waals surface area contributed by atoms with Gasteiger partial charge in [0, 0.05) is 62.9 Å². The molecular formula is C39H43N3O6. The molecule has 0 unspecified atom stereocenters. The Bertz CT molecular complexity index is 1650. The molecule has 3 saturated heterocycles. The SMILES string of the molecule is C[C@@H]1[C@H](CN2CCC3(CC2)OCCO3)O[C@H](c2ccc(-c3cccc(CNC(=O)c4cccnc4)c3)cc2)O[C@@H]1c1ccc(CO)cc1. The van der Waals surface area contributed by atoms with Gasteiger partial charge in [-0.1, -0.05) is 73.7 Å². The minimum absolute atomic E-state index is 0.00882. The Hall–Kier alpha value is -3.96. The van der Waals surface area contributed by atoms with Crippen LogP contribution in [0.5, 0.6) is 0 Å². The molecule has 3 aliphatic rings. The van der Waals surface area contributed by atoms with Gasteiger partial charge < -0.3 is 34.3 Å². The number of likely N-dealkylation sites (tertiary alicyclic amines) is 1. The van der Waals surface area contributed by atoms with Gasteiger partial charge in [-0.05, 0) is 46.0 Å². The Morgan fingerprint density at radius 2 is 1.65 bits per heavy atom. The second-order valence-electron chi connectivity index (χ2n) is 13.0. The maximum atomic E-state index is 12.5. The lowest BCUT2D eigenvalue weighted by Gasteiger charge is -2.44. The summed E-state index contributed by atoms with van der Waals surface area (Å²) in [5.74, 6) is -0.453. The van der Waals surface area contributed by atoms with Crippen molar-refractivity contribution in [3.05, 3.63) is 125 Å². The molecule has 9 heteroatoms. The number of hydrogen-bond donors (Lipinski definition) is 2. The summed E-state index contributed by atoms with van der Waals surface area (Å²) in [6.07, 6.45) is 4.18. The maximum absolute atomic E-state index is 12.5. The number of carbonyl (C=O) groups is 1. The number of hydrogen-bond acceptors (Lipinski definition) is 8. The molecule has 4 atom stereocenters. The highest BCUT2D eigenvalue weighted by Gasteiger charge is 2.43. The third-order valence-corrected chi connectivity index (χ3v) is 9.81. The molecule has 3 aliphatic heterocycles. The zero-order valence-corrected chi connectivity index (χ0v) is 27.3. The predicted molar refractivity (Wildman–Crippen MR) is 181 cm³/mol. The number of aliphatic hydroxyl groups excluding tert-OH is 1. The summed E-state index contributed by atoms with van der Waals surface area (Å²) < 4.78 is 25.4. The summed E-state index contributed by atoms with van der Waals surface area (Å²) >= 11 is 0. The molecule has 48 heavy (non-hydrogen) atoms. The first-order valence-electron chi connectivity index (χ1n) is 16.9. The van der Waals surface area contributed by atoms with Crippen LogP contribution in [0.4, 0.5) is 0 Å². The van der Waals surface area contributed by atoms with Crippen molar-refractivity contribution < 1.29 is 28.8 Å². The van der Waals surface area contributed by atoms with E-state index >= 15 is 0 Å². The van der Waals surface area contributed by atoms with Crippen LogP contribution in [0.3, 0.4) is 0 Å². The lowest BCUT2D eigenvalue weighted by atomic mass is 9.89. The maximum Gasteiger partial charge on any atom is 0.253 e. The number of ether oxygens (including phenoxy) is 4. The van der Waals surface area contributed by atoms with E-state index in [1.54, 1.807) is 24.5 Å². The zero-order chi connectivity index (χ0) is 32.9. The van der Waals surface area contributed by atoms with Gasteiger partial charge in [-0.15, -0.1) is 0 Å². The van der Waals surface area contributed by atoms with E-state index in [0.29, 0.717) is 25.3 Å². The van der Waals surface area contributed by atoms with Gasteiger partial charge in [0.2, 0.25) is 0 Å². The fraction of sp³-hybridized carbons (Fsp3) is 0.385. The summed E-state index contributed by atoms with van der Waals surface area (Å²) in [5.41, 5.74) is 6.58. The van der Waals surface area contributed by atoms with Crippen molar-refractivity contribution in [3.8, 4) is 11.1 Å². The Morgan fingerprint density at radius 3 is 2.35 bits per heavy atom. The topological polar surface area (TPSA) is 102 Å². The zero-order valence-electron chi connectivity index (χ0n) is 27.3. The number of nitrogens with one attached hydrogen (secondary N) is 1. The van der Waals surface area contributed by atoms with Gasteiger partial charge in [0.1, 0.15) is 0 Å².